The number of aliphatic hydroxyl groups excluding tert-OH is 3. The summed E-state index contributed by atoms with van der Waals surface area (Å²) >= 11 is 0. The molecule has 0 fully saturated rings. The number of aliphatic hydroxyl groups is 3. The Morgan fingerprint density at radius 3 is 2.00 bits per heavy atom. The van der Waals surface area contributed by atoms with Crippen LogP contribution in [-0.4, -0.2) is 55.4 Å². The number of rotatable bonds is 5. The molecule has 0 saturated heterocycles. The monoisotopic (exact) mass is 228 g/mol. The average molecular weight is 228 g/mol. The summed E-state index contributed by atoms with van der Waals surface area (Å²) in [6.07, 6.45) is -6.56. The number of ketones is 1. The van der Waals surface area contributed by atoms with Gasteiger partial charge in [-0.3, -0.25) is 9.36 Å². The molecule has 0 radical (unpaired) electrons. The van der Waals surface area contributed by atoms with Crippen LogP contribution in [0.1, 0.15) is 6.92 Å². The molecule has 8 heteroatoms. The van der Waals surface area contributed by atoms with Gasteiger partial charge in [0, 0.05) is 0 Å². The maximum atomic E-state index is 10.5. The van der Waals surface area contributed by atoms with Crippen molar-refractivity contribution in [3.8, 4) is 0 Å². The third-order valence-corrected chi connectivity index (χ3v) is 2.41. The molecule has 5 N–H and O–H groups in total. The molecule has 84 valence electrons. The highest BCUT2D eigenvalue weighted by atomic mass is 31.2. The molecule has 0 aromatic heterocycles. The third-order valence-electron chi connectivity index (χ3n) is 1.56. The van der Waals surface area contributed by atoms with Crippen LogP contribution in [-0.2, 0) is 9.36 Å². The van der Waals surface area contributed by atoms with Crippen molar-refractivity contribution >= 4 is 13.4 Å². The Labute approximate surface area is 80.2 Å². The predicted octanol–water partition coefficient (Wildman–Crippen LogP) is -2.16. The van der Waals surface area contributed by atoms with E-state index < -0.39 is 37.9 Å². The van der Waals surface area contributed by atoms with Crippen molar-refractivity contribution in [3.05, 3.63) is 0 Å². The average Bonchev–Trinajstić information content (AvgIpc) is 1.98. The second-order valence-electron chi connectivity index (χ2n) is 2.96. The molecule has 0 aromatic rings. The Bertz CT molecular complexity index is 247. The zero-order chi connectivity index (χ0) is 11.5. The van der Waals surface area contributed by atoms with Gasteiger partial charge in [-0.05, 0) is 6.92 Å². The van der Waals surface area contributed by atoms with Gasteiger partial charge in [-0.25, -0.2) is 0 Å². The number of carbonyl (C=O) groups is 1. The van der Waals surface area contributed by atoms with E-state index in [0.29, 0.717) is 0 Å². The normalized spacial score (nSPS) is 18.7. The Morgan fingerprint density at radius 2 is 1.71 bits per heavy atom. The van der Waals surface area contributed by atoms with Crippen LogP contribution in [0, 0.1) is 0 Å². The summed E-state index contributed by atoms with van der Waals surface area (Å²) in [5.41, 5.74) is 0. The van der Waals surface area contributed by atoms with E-state index in [0.717, 1.165) is 6.92 Å². The van der Waals surface area contributed by atoms with Crippen molar-refractivity contribution in [3.63, 3.8) is 0 Å². The number of hydrogen-bond acceptors (Lipinski definition) is 5. The van der Waals surface area contributed by atoms with E-state index in [1.165, 1.54) is 0 Å². The van der Waals surface area contributed by atoms with Crippen LogP contribution in [0.2, 0.25) is 0 Å². The van der Waals surface area contributed by atoms with Crippen LogP contribution in [0.5, 0.6) is 0 Å². The summed E-state index contributed by atoms with van der Waals surface area (Å²) in [5, 5.41) is 27.0. The molecule has 0 saturated carbocycles. The highest BCUT2D eigenvalue weighted by molar-refractivity contribution is 7.51. The molecular weight excluding hydrogens is 215 g/mol. The van der Waals surface area contributed by atoms with Gasteiger partial charge in [0.1, 0.15) is 12.2 Å². The molecule has 0 spiro atoms. The maximum Gasteiger partial charge on any atom is 0.328 e. The lowest BCUT2D eigenvalue weighted by Gasteiger charge is -2.21. The maximum absolute atomic E-state index is 10.5. The van der Waals surface area contributed by atoms with Crippen molar-refractivity contribution in [1.82, 2.24) is 0 Å². The number of hydrogen-bond donors (Lipinski definition) is 5. The molecule has 7 nitrogen and oxygen atoms in total. The molecular formula is C6H13O7P. The zero-order valence-electron chi connectivity index (χ0n) is 7.44. The van der Waals surface area contributed by atoms with Gasteiger partial charge in [0.2, 0.25) is 0 Å². The van der Waals surface area contributed by atoms with E-state index >= 15 is 0 Å². The largest absolute Gasteiger partial charge is 0.390 e. The van der Waals surface area contributed by atoms with Crippen LogP contribution in [0.3, 0.4) is 0 Å². The minimum absolute atomic E-state index is 0.790. The van der Waals surface area contributed by atoms with Crippen LogP contribution >= 0.6 is 7.60 Å². The summed E-state index contributed by atoms with van der Waals surface area (Å²) in [5.74, 6) is -0.790. The molecule has 14 heavy (non-hydrogen) atoms. The minimum Gasteiger partial charge on any atom is -0.390 e. The van der Waals surface area contributed by atoms with Crippen molar-refractivity contribution in [2.24, 2.45) is 0 Å². The van der Waals surface area contributed by atoms with Crippen LogP contribution in [0.25, 0.3) is 0 Å². The molecule has 0 aromatic carbocycles. The first-order chi connectivity index (χ1) is 6.15. The first-order valence-electron chi connectivity index (χ1n) is 3.74. The molecule has 3 atom stereocenters. The third kappa shape index (κ3) is 4.80. The van der Waals surface area contributed by atoms with Crippen LogP contribution < -0.4 is 0 Å². The molecule has 0 aliphatic rings. The van der Waals surface area contributed by atoms with Gasteiger partial charge < -0.3 is 25.1 Å². The standard InChI is InChI=1S/C6H13O7P/c1-3(7)5(9)6(10)4(8)2-14(11,12)13/h4-6,8-10H,2H2,1H3,(H2,11,12,13). The highest BCUT2D eigenvalue weighted by Gasteiger charge is 2.32. The van der Waals surface area contributed by atoms with E-state index in [2.05, 4.69) is 0 Å². The molecule has 0 bridgehead atoms. The lowest BCUT2D eigenvalue weighted by atomic mass is 10.1. The summed E-state index contributed by atoms with van der Waals surface area (Å²) in [6, 6.07) is 0. The van der Waals surface area contributed by atoms with Crippen molar-refractivity contribution in [2.45, 2.75) is 25.2 Å². The molecule has 0 amide bonds. The second-order valence-corrected chi connectivity index (χ2v) is 4.66. The van der Waals surface area contributed by atoms with E-state index in [-0.39, 0.29) is 0 Å². The van der Waals surface area contributed by atoms with Gasteiger partial charge in [-0.2, -0.15) is 0 Å². The van der Waals surface area contributed by atoms with Gasteiger partial charge in [-0.1, -0.05) is 0 Å². The predicted molar refractivity (Wildman–Crippen MR) is 45.6 cm³/mol. The Kier molecular flexibility index (Phi) is 4.87. The summed E-state index contributed by atoms with van der Waals surface area (Å²) in [6.45, 7) is 0.984. The second kappa shape index (κ2) is 4.97. The first-order valence-corrected chi connectivity index (χ1v) is 5.54. The SMILES string of the molecule is CC(=O)C(O)C(O)C(O)CP(=O)(O)O. The quantitative estimate of drug-likeness (QED) is 0.338. The summed E-state index contributed by atoms with van der Waals surface area (Å²) < 4.78 is 10.4. The Balaban J connectivity index is 4.32. The zero-order valence-corrected chi connectivity index (χ0v) is 8.33. The smallest absolute Gasteiger partial charge is 0.328 e. The molecule has 0 aliphatic carbocycles. The minimum atomic E-state index is -4.48. The van der Waals surface area contributed by atoms with Crippen molar-refractivity contribution in [1.29, 1.82) is 0 Å². The van der Waals surface area contributed by atoms with Gasteiger partial charge >= 0.3 is 7.60 Å². The Morgan fingerprint density at radius 1 is 1.29 bits per heavy atom. The summed E-state index contributed by atoms with van der Waals surface area (Å²) in [4.78, 5) is 27.4. The van der Waals surface area contributed by atoms with E-state index in [9.17, 15) is 9.36 Å². The fourth-order valence-corrected chi connectivity index (χ4v) is 1.51. The van der Waals surface area contributed by atoms with E-state index in [1.807, 2.05) is 0 Å². The Hall–Kier alpha value is -0.300. The lowest BCUT2D eigenvalue weighted by molar-refractivity contribution is -0.135. The van der Waals surface area contributed by atoms with Crippen molar-refractivity contribution < 1.29 is 34.5 Å². The molecule has 3 unspecified atom stereocenters. The first kappa shape index (κ1) is 13.7. The van der Waals surface area contributed by atoms with Gasteiger partial charge in [-0.15, -0.1) is 0 Å². The fourth-order valence-electron chi connectivity index (χ4n) is 0.803. The highest BCUT2D eigenvalue weighted by Crippen LogP contribution is 2.35. The molecule has 0 aliphatic heterocycles. The number of Topliss-reactive ketones (excluding diaryl/α,β-unsaturated/α-hetero) is 1. The topological polar surface area (TPSA) is 135 Å². The van der Waals surface area contributed by atoms with E-state index in [4.69, 9.17) is 25.1 Å². The summed E-state index contributed by atoms with van der Waals surface area (Å²) in [7, 11) is -4.48. The lowest BCUT2D eigenvalue weighted by Crippen LogP contribution is -2.42. The van der Waals surface area contributed by atoms with Gasteiger partial charge in [0.05, 0.1) is 12.3 Å². The van der Waals surface area contributed by atoms with Crippen LogP contribution in [0.4, 0.5) is 0 Å². The molecule has 0 rings (SSSR count). The number of carbonyl (C=O) groups excluding carboxylic acids is 1. The van der Waals surface area contributed by atoms with E-state index in [1.54, 1.807) is 0 Å². The van der Waals surface area contributed by atoms with Gasteiger partial charge in [0.15, 0.2) is 5.78 Å². The molecule has 0 heterocycles. The van der Waals surface area contributed by atoms with Gasteiger partial charge in [0.25, 0.3) is 0 Å². The fraction of sp³-hybridized carbons (Fsp3) is 0.833. The van der Waals surface area contributed by atoms with Crippen LogP contribution in [0.15, 0.2) is 0 Å². The van der Waals surface area contributed by atoms with Crippen molar-refractivity contribution in [2.75, 3.05) is 6.16 Å².